The molecule has 3 rings (SSSR count). The Morgan fingerprint density at radius 1 is 0.962 bits per heavy atom. The molecule has 0 atom stereocenters. The molecule has 0 spiro atoms. The molecule has 0 saturated carbocycles. The van der Waals surface area contributed by atoms with Crippen LogP contribution in [0.15, 0.2) is 66.9 Å². The van der Waals surface area contributed by atoms with E-state index in [1.54, 1.807) is 18.2 Å². The molecule has 0 saturated heterocycles. The summed E-state index contributed by atoms with van der Waals surface area (Å²) in [6, 6.07) is 16.8. The Bertz CT molecular complexity index is 926. The maximum Gasteiger partial charge on any atom is 0.417 e. The van der Waals surface area contributed by atoms with Gasteiger partial charge in [0, 0.05) is 23.4 Å². The van der Waals surface area contributed by atoms with Crippen LogP contribution in [0.1, 0.15) is 16.7 Å². The van der Waals surface area contributed by atoms with Crippen LogP contribution < -0.4 is 4.74 Å². The van der Waals surface area contributed by atoms with Gasteiger partial charge in [-0.1, -0.05) is 42.3 Å². The Morgan fingerprint density at radius 2 is 1.69 bits per heavy atom. The lowest BCUT2D eigenvalue weighted by Crippen LogP contribution is -2.08. The maximum atomic E-state index is 13.1. The fourth-order valence-corrected chi connectivity index (χ4v) is 2.45. The molecule has 0 aliphatic carbocycles. The zero-order valence-corrected chi connectivity index (χ0v) is 13.6. The summed E-state index contributed by atoms with van der Waals surface area (Å²) in [7, 11) is 0. The lowest BCUT2D eigenvalue weighted by atomic mass is 10.00. The van der Waals surface area contributed by atoms with Gasteiger partial charge < -0.3 is 4.74 Å². The van der Waals surface area contributed by atoms with Crippen LogP contribution in [-0.4, -0.2) is 4.98 Å². The van der Waals surface area contributed by atoms with Crippen LogP contribution in [0.4, 0.5) is 13.2 Å². The van der Waals surface area contributed by atoms with E-state index in [0.29, 0.717) is 23.6 Å². The largest absolute Gasteiger partial charge is 0.473 e. The van der Waals surface area contributed by atoms with Gasteiger partial charge in [-0.05, 0) is 29.3 Å². The van der Waals surface area contributed by atoms with E-state index in [1.807, 2.05) is 30.3 Å². The van der Waals surface area contributed by atoms with Crippen molar-refractivity contribution in [2.24, 2.45) is 0 Å². The SMILES string of the molecule is C#Cc1ccc(-c2ccc(OCc3ccccc3)nc2)cc1C(F)(F)F. The molecule has 26 heavy (non-hydrogen) atoms. The van der Waals surface area contributed by atoms with Gasteiger partial charge in [-0.15, -0.1) is 6.42 Å². The Balaban J connectivity index is 1.79. The minimum atomic E-state index is -4.51. The van der Waals surface area contributed by atoms with Crippen molar-refractivity contribution < 1.29 is 17.9 Å². The topological polar surface area (TPSA) is 22.1 Å². The number of halogens is 3. The van der Waals surface area contributed by atoms with Crippen molar-refractivity contribution in [3.05, 3.63) is 83.6 Å². The molecule has 130 valence electrons. The van der Waals surface area contributed by atoms with E-state index < -0.39 is 11.7 Å². The van der Waals surface area contributed by atoms with Crippen molar-refractivity contribution in [3.63, 3.8) is 0 Å². The van der Waals surface area contributed by atoms with Crippen LogP contribution in [0.25, 0.3) is 11.1 Å². The van der Waals surface area contributed by atoms with Crippen LogP contribution in [0.2, 0.25) is 0 Å². The average molecular weight is 353 g/mol. The number of pyridine rings is 1. The first-order chi connectivity index (χ1) is 12.5. The second kappa shape index (κ2) is 7.32. The number of nitrogens with zero attached hydrogens (tertiary/aromatic N) is 1. The van der Waals surface area contributed by atoms with Gasteiger partial charge in [-0.2, -0.15) is 13.2 Å². The molecule has 0 radical (unpaired) electrons. The van der Waals surface area contributed by atoms with Crippen molar-refractivity contribution in [1.29, 1.82) is 0 Å². The number of hydrogen-bond donors (Lipinski definition) is 0. The highest BCUT2D eigenvalue weighted by molar-refractivity contribution is 5.65. The lowest BCUT2D eigenvalue weighted by Gasteiger charge is -2.12. The van der Waals surface area contributed by atoms with E-state index in [4.69, 9.17) is 11.2 Å². The molecule has 0 amide bonds. The predicted molar refractivity (Wildman–Crippen MR) is 93.4 cm³/mol. The number of hydrogen-bond acceptors (Lipinski definition) is 2. The number of ether oxygens (including phenoxy) is 1. The van der Waals surface area contributed by atoms with Crippen molar-refractivity contribution in [3.8, 4) is 29.4 Å². The summed E-state index contributed by atoms with van der Waals surface area (Å²) < 4.78 is 45.0. The van der Waals surface area contributed by atoms with Gasteiger partial charge in [-0.25, -0.2) is 4.98 Å². The molecule has 0 N–H and O–H groups in total. The minimum absolute atomic E-state index is 0.183. The predicted octanol–water partition coefficient (Wildman–Crippen LogP) is 5.33. The van der Waals surface area contributed by atoms with Crippen molar-refractivity contribution in [1.82, 2.24) is 4.98 Å². The molecule has 0 bridgehead atoms. The molecule has 0 aliphatic heterocycles. The van der Waals surface area contributed by atoms with Crippen molar-refractivity contribution >= 4 is 0 Å². The summed E-state index contributed by atoms with van der Waals surface area (Å²) in [5.74, 6) is 2.46. The molecule has 1 aromatic heterocycles. The van der Waals surface area contributed by atoms with Gasteiger partial charge in [0.15, 0.2) is 0 Å². The normalized spacial score (nSPS) is 11.0. The fourth-order valence-electron chi connectivity index (χ4n) is 2.45. The molecular weight excluding hydrogens is 339 g/mol. The van der Waals surface area contributed by atoms with Crippen LogP contribution in [0.3, 0.4) is 0 Å². The first-order valence-electron chi connectivity index (χ1n) is 7.78. The highest BCUT2D eigenvalue weighted by atomic mass is 19.4. The summed E-state index contributed by atoms with van der Waals surface area (Å²) in [4.78, 5) is 4.16. The van der Waals surface area contributed by atoms with Gasteiger partial charge >= 0.3 is 6.18 Å². The molecule has 0 unspecified atom stereocenters. The summed E-state index contributed by atoms with van der Waals surface area (Å²) in [5.41, 5.74) is 0.918. The number of terminal acetylenes is 1. The molecule has 5 heteroatoms. The Morgan fingerprint density at radius 3 is 2.31 bits per heavy atom. The third-order valence-corrected chi connectivity index (χ3v) is 3.78. The first-order valence-corrected chi connectivity index (χ1v) is 7.78. The number of rotatable bonds is 4. The van der Waals surface area contributed by atoms with Gasteiger partial charge in [0.25, 0.3) is 0 Å². The monoisotopic (exact) mass is 353 g/mol. The van der Waals surface area contributed by atoms with E-state index >= 15 is 0 Å². The standard InChI is InChI=1S/C21H14F3NO/c1-2-16-8-9-17(12-19(16)21(22,23)24)18-10-11-20(25-13-18)26-14-15-6-4-3-5-7-15/h1,3-13H,14H2. The summed E-state index contributed by atoms with van der Waals surface area (Å²) >= 11 is 0. The smallest absolute Gasteiger partial charge is 0.417 e. The maximum absolute atomic E-state index is 13.1. The van der Waals surface area contributed by atoms with E-state index in [1.165, 1.54) is 12.3 Å². The molecule has 2 aromatic carbocycles. The third-order valence-electron chi connectivity index (χ3n) is 3.78. The summed E-state index contributed by atoms with van der Waals surface area (Å²) in [6.45, 7) is 0.363. The van der Waals surface area contributed by atoms with E-state index in [-0.39, 0.29) is 5.56 Å². The molecular formula is C21H14F3NO. The van der Waals surface area contributed by atoms with E-state index in [9.17, 15) is 13.2 Å². The van der Waals surface area contributed by atoms with Crippen LogP contribution in [0, 0.1) is 12.3 Å². The highest BCUT2D eigenvalue weighted by Crippen LogP contribution is 2.34. The van der Waals surface area contributed by atoms with E-state index in [2.05, 4.69) is 10.9 Å². The van der Waals surface area contributed by atoms with Crippen molar-refractivity contribution in [2.45, 2.75) is 12.8 Å². The Hall–Kier alpha value is -3.26. The molecule has 2 nitrogen and oxygen atoms in total. The van der Waals surface area contributed by atoms with Gasteiger partial charge in [0.05, 0.1) is 5.56 Å². The van der Waals surface area contributed by atoms with Gasteiger partial charge in [-0.3, -0.25) is 0 Å². The molecule has 0 fully saturated rings. The second-order valence-corrected chi connectivity index (χ2v) is 5.56. The van der Waals surface area contributed by atoms with Crippen LogP contribution in [-0.2, 0) is 12.8 Å². The zero-order chi connectivity index (χ0) is 18.6. The highest BCUT2D eigenvalue weighted by Gasteiger charge is 2.33. The average Bonchev–Trinajstić information content (AvgIpc) is 2.66. The van der Waals surface area contributed by atoms with Crippen molar-refractivity contribution in [2.75, 3.05) is 0 Å². The number of alkyl halides is 3. The summed E-state index contributed by atoms with van der Waals surface area (Å²) in [5, 5.41) is 0. The third kappa shape index (κ3) is 4.04. The fraction of sp³-hybridized carbons (Fsp3) is 0.0952. The van der Waals surface area contributed by atoms with Gasteiger partial charge in [0.1, 0.15) is 6.61 Å². The number of aromatic nitrogens is 1. The molecule has 1 heterocycles. The molecule has 0 aliphatic rings. The number of benzene rings is 2. The van der Waals surface area contributed by atoms with Crippen LogP contribution >= 0.6 is 0 Å². The van der Waals surface area contributed by atoms with Crippen LogP contribution in [0.5, 0.6) is 5.88 Å². The zero-order valence-electron chi connectivity index (χ0n) is 13.6. The van der Waals surface area contributed by atoms with E-state index in [0.717, 1.165) is 11.6 Å². The Labute approximate surface area is 149 Å². The molecule has 3 aromatic rings. The van der Waals surface area contributed by atoms with Gasteiger partial charge in [0.2, 0.25) is 5.88 Å². The second-order valence-electron chi connectivity index (χ2n) is 5.56. The lowest BCUT2D eigenvalue weighted by molar-refractivity contribution is -0.137. The Kier molecular flexibility index (Phi) is 4.94. The quantitative estimate of drug-likeness (QED) is 0.592. The first kappa shape index (κ1) is 17.6. The minimum Gasteiger partial charge on any atom is -0.473 e. The summed E-state index contributed by atoms with van der Waals surface area (Å²) in [6.07, 6.45) is 2.13.